The molecule has 3 heterocycles. The lowest BCUT2D eigenvalue weighted by atomic mass is 10.1. The number of aromatic nitrogens is 3. The molecule has 0 amide bonds. The smallest absolute Gasteiger partial charge is 0.264 e. The highest BCUT2D eigenvalue weighted by Gasteiger charge is 2.41. The summed E-state index contributed by atoms with van der Waals surface area (Å²) in [7, 11) is 0. The summed E-state index contributed by atoms with van der Waals surface area (Å²) in [5, 5.41) is 3.43. The SMILES string of the molecule is O=C1C(Cc2ccccc2)Nc2c(Cc3cccnc3)nc(-c3ccccc3)c[n+]21. The van der Waals surface area contributed by atoms with E-state index in [0.717, 1.165) is 33.9 Å². The second kappa shape index (κ2) is 7.87. The summed E-state index contributed by atoms with van der Waals surface area (Å²) >= 11 is 0. The first-order chi connectivity index (χ1) is 14.8. The Balaban J connectivity index is 1.55. The van der Waals surface area contributed by atoms with Crippen molar-refractivity contribution in [3.63, 3.8) is 0 Å². The van der Waals surface area contributed by atoms with Gasteiger partial charge in [-0.2, -0.15) is 4.57 Å². The van der Waals surface area contributed by atoms with Crippen molar-refractivity contribution in [2.45, 2.75) is 18.9 Å². The molecule has 1 atom stereocenters. The summed E-state index contributed by atoms with van der Waals surface area (Å²) in [6.07, 6.45) is 6.68. The maximum Gasteiger partial charge on any atom is 0.359 e. The minimum absolute atomic E-state index is 0.0425. The molecule has 5 rings (SSSR count). The Bertz CT molecular complexity index is 1180. The number of pyridine rings is 1. The van der Waals surface area contributed by atoms with Gasteiger partial charge in [-0.25, -0.2) is 9.78 Å². The zero-order chi connectivity index (χ0) is 20.3. The highest BCUT2D eigenvalue weighted by molar-refractivity contribution is 5.82. The van der Waals surface area contributed by atoms with Crippen LogP contribution in [-0.2, 0) is 12.8 Å². The van der Waals surface area contributed by atoms with Crippen LogP contribution < -0.4 is 9.88 Å². The van der Waals surface area contributed by atoms with Gasteiger partial charge in [0.05, 0.1) is 0 Å². The van der Waals surface area contributed by atoms with E-state index >= 15 is 0 Å². The monoisotopic (exact) mass is 393 g/mol. The van der Waals surface area contributed by atoms with Crippen molar-refractivity contribution in [2.75, 3.05) is 5.32 Å². The molecule has 2 aromatic carbocycles. The van der Waals surface area contributed by atoms with E-state index < -0.39 is 0 Å². The molecule has 4 aromatic rings. The number of hydrogen-bond acceptors (Lipinski definition) is 4. The lowest BCUT2D eigenvalue weighted by Gasteiger charge is -2.07. The number of benzene rings is 2. The molecule has 0 saturated heterocycles. The van der Waals surface area contributed by atoms with E-state index in [1.807, 2.05) is 85.2 Å². The van der Waals surface area contributed by atoms with E-state index in [-0.39, 0.29) is 11.9 Å². The Morgan fingerprint density at radius 2 is 1.63 bits per heavy atom. The molecule has 1 aliphatic rings. The number of rotatable bonds is 5. The fraction of sp³-hybridized carbons (Fsp3) is 0.120. The summed E-state index contributed by atoms with van der Waals surface area (Å²) in [5.41, 5.74) is 4.79. The zero-order valence-electron chi connectivity index (χ0n) is 16.4. The number of nitrogens with one attached hydrogen (secondary N) is 1. The molecular weight excluding hydrogens is 372 g/mol. The lowest BCUT2D eigenvalue weighted by molar-refractivity contribution is -0.552. The Morgan fingerprint density at radius 3 is 2.37 bits per heavy atom. The molecule has 2 aromatic heterocycles. The van der Waals surface area contributed by atoms with Crippen LogP contribution in [0.25, 0.3) is 11.3 Å². The highest BCUT2D eigenvalue weighted by atomic mass is 16.2. The Kier molecular flexibility index (Phi) is 4.77. The van der Waals surface area contributed by atoms with Gasteiger partial charge in [-0.1, -0.05) is 66.7 Å². The maximum atomic E-state index is 13.2. The summed E-state index contributed by atoms with van der Waals surface area (Å²) in [6.45, 7) is 0. The fourth-order valence-electron chi connectivity index (χ4n) is 3.83. The minimum Gasteiger partial charge on any atom is -0.264 e. The molecule has 0 aliphatic carbocycles. The minimum atomic E-state index is -0.312. The Morgan fingerprint density at radius 1 is 0.900 bits per heavy atom. The molecular formula is C25H21N4O+. The first-order valence-electron chi connectivity index (χ1n) is 10.0. The highest BCUT2D eigenvalue weighted by Crippen LogP contribution is 2.24. The van der Waals surface area contributed by atoms with Crippen LogP contribution >= 0.6 is 0 Å². The molecule has 5 heteroatoms. The van der Waals surface area contributed by atoms with Gasteiger partial charge in [0.2, 0.25) is 0 Å². The van der Waals surface area contributed by atoms with E-state index in [9.17, 15) is 4.79 Å². The van der Waals surface area contributed by atoms with Crippen LogP contribution in [0.5, 0.6) is 0 Å². The zero-order valence-corrected chi connectivity index (χ0v) is 16.4. The first-order valence-corrected chi connectivity index (χ1v) is 10.0. The second-order valence-corrected chi connectivity index (χ2v) is 7.42. The second-order valence-electron chi connectivity index (χ2n) is 7.42. The van der Waals surface area contributed by atoms with Crippen molar-refractivity contribution < 1.29 is 9.36 Å². The number of nitrogens with zero attached hydrogens (tertiary/aromatic N) is 3. The van der Waals surface area contributed by atoms with Gasteiger partial charge in [0.15, 0.2) is 6.04 Å². The van der Waals surface area contributed by atoms with Crippen molar-refractivity contribution in [3.05, 3.63) is 108 Å². The van der Waals surface area contributed by atoms with Gasteiger partial charge < -0.3 is 0 Å². The molecule has 0 radical (unpaired) electrons. The molecule has 5 nitrogen and oxygen atoms in total. The third kappa shape index (κ3) is 3.57. The van der Waals surface area contributed by atoms with E-state index in [1.165, 1.54) is 0 Å². The fourth-order valence-corrected chi connectivity index (χ4v) is 3.83. The normalized spacial score (nSPS) is 14.9. The molecule has 0 spiro atoms. The van der Waals surface area contributed by atoms with Crippen LogP contribution in [0, 0.1) is 0 Å². The predicted molar refractivity (Wildman–Crippen MR) is 115 cm³/mol. The Labute approximate surface area is 175 Å². The molecule has 30 heavy (non-hydrogen) atoms. The molecule has 0 fully saturated rings. The lowest BCUT2D eigenvalue weighted by Crippen LogP contribution is -2.44. The molecule has 146 valence electrons. The van der Waals surface area contributed by atoms with Crippen LogP contribution in [0.1, 0.15) is 21.6 Å². The Hall–Kier alpha value is -3.86. The third-order valence-electron chi connectivity index (χ3n) is 5.31. The van der Waals surface area contributed by atoms with Crippen molar-refractivity contribution >= 4 is 11.7 Å². The van der Waals surface area contributed by atoms with Gasteiger partial charge in [0, 0.05) is 30.8 Å². The van der Waals surface area contributed by atoms with Gasteiger partial charge >= 0.3 is 11.7 Å². The number of hydrogen-bond donors (Lipinski definition) is 1. The maximum absolute atomic E-state index is 13.2. The topological polar surface area (TPSA) is 58.8 Å². The van der Waals surface area contributed by atoms with Gasteiger partial charge in [-0.05, 0) is 17.2 Å². The quantitative estimate of drug-likeness (QED) is 0.525. The van der Waals surface area contributed by atoms with Crippen molar-refractivity contribution in [3.8, 4) is 11.3 Å². The summed E-state index contributed by atoms with van der Waals surface area (Å²) in [4.78, 5) is 22.4. The average molecular weight is 393 g/mol. The van der Waals surface area contributed by atoms with Crippen LogP contribution in [0.3, 0.4) is 0 Å². The number of anilines is 1. The van der Waals surface area contributed by atoms with Gasteiger partial charge in [0.25, 0.3) is 0 Å². The molecule has 0 saturated carbocycles. The first kappa shape index (κ1) is 18.2. The summed E-state index contributed by atoms with van der Waals surface area (Å²) in [5.74, 6) is 0.810. The van der Waals surface area contributed by atoms with E-state index in [0.29, 0.717) is 12.8 Å². The number of carbonyl (C=O) groups excluding carboxylic acids is 1. The van der Waals surface area contributed by atoms with Crippen molar-refractivity contribution in [1.29, 1.82) is 0 Å². The molecule has 1 aliphatic heterocycles. The number of fused-ring (bicyclic) bond motifs is 1. The largest absolute Gasteiger partial charge is 0.359 e. The van der Waals surface area contributed by atoms with Crippen LogP contribution in [0.15, 0.2) is 91.4 Å². The average Bonchev–Trinajstić information content (AvgIpc) is 3.11. The van der Waals surface area contributed by atoms with Crippen LogP contribution in [0.2, 0.25) is 0 Å². The number of carbonyl (C=O) groups is 1. The van der Waals surface area contributed by atoms with Crippen molar-refractivity contribution in [1.82, 2.24) is 9.97 Å². The molecule has 1 unspecified atom stereocenters. The van der Waals surface area contributed by atoms with E-state index in [2.05, 4.69) is 10.3 Å². The third-order valence-corrected chi connectivity index (χ3v) is 5.31. The van der Waals surface area contributed by atoms with Gasteiger partial charge in [-0.3, -0.25) is 10.3 Å². The predicted octanol–water partition coefficient (Wildman–Crippen LogP) is 3.70. The van der Waals surface area contributed by atoms with E-state index in [4.69, 9.17) is 4.98 Å². The standard InChI is InChI=1S/C25H20N4O/c30-25-22(14-18-8-3-1-4-9-18)28-24-21(15-19-10-7-13-26-16-19)27-23(17-29(24)25)20-11-5-2-6-12-20/h1-13,16-17,22H,14-15H2/p+1. The van der Waals surface area contributed by atoms with Gasteiger partial charge in [-0.15, -0.1) is 0 Å². The molecule has 0 bridgehead atoms. The summed E-state index contributed by atoms with van der Waals surface area (Å²) in [6, 6.07) is 23.7. The molecule has 1 N–H and O–H groups in total. The van der Waals surface area contributed by atoms with Crippen LogP contribution in [-0.4, -0.2) is 21.9 Å². The van der Waals surface area contributed by atoms with E-state index in [1.54, 1.807) is 10.8 Å². The van der Waals surface area contributed by atoms with Crippen LogP contribution in [0.4, 0.5) is 5.82 Å². The van der Waals surface area contributed by atoms with Gasteiger partial charge in [0.1, 0.15) is 17.6 Å². The van der Waals surface area contributed by atoms with Crippen molar-refractivity contribution in [2.24, 2.45) is 0 Å². The summed E-state index contributed by atoms with van der Waals surface area (Å²) < 4.78 is 1.73.